The number of methoxy groups -OCH3 is 1. The monoisotopic (exact) mass is 238 g/mol. The minimum Gasteiger partial charge on any atom is -0.381 e. The molecular weight excluding hydrogens is 216 g/mol. The minimum atomic E-state index is 0.382. The summed E-state index contributed by atoms with van der Waals surface area (Å²) < 4.78 is 7.53. The summed E-state index contributed by atoms with van der Waals surface area (Å²) in [5.41, 5.74) is 5.84. The van der Waals surface area contributed by atoms with Crippen LogP contribution in [0.1, 0.15) is 12.8 Å². The van der Waals surface area contributed by atoms with Crippen molar-refractivity contribution in [2.45, 2.75) is 31.5 Å². The normalized spacial score (nSPS) is 26.2. The molecule has 0 bridgehead atoms. The first kappa shape index (κ1) is 12.5. The van der Waals surface area contributed by atoms with Gasteiger partial charge in [-0.15, -0.1) is 0 Å². The number of hydrogen-bond donors (Lipinski definition) is 1. The lowest BCUT2D eigenvalue weighted by Crippen LogP contribution is -2.49. The number of nitrogens with zero attached hydrogens (tertiary/aromatic N) is 3. The Bertz CT molecular complexity index is 314. The standard InChI is InChI=1S/C12H22N4O/c1-17-12-2-4-16(11(8-12)9-13)7-6-15-5-3-14-10-15/h3,5,10-12H,2,4,6-9,13H2,1H3. The molecule has 1 saturated heterocycles. The lowest BCUT2D eigenvalue weighted by Gasteiger charge is -2.38. The van der Waals surface area contributed by atoms with E-state index in [2.05, 4.69) is 14.5 Å². The van der Waals surface area contributed by atoms with Crippen LogP contribution in [0.5, 0.6) is 0 Å². The third-order valence-corrected chi connectivity index (χ3v) is 3.60. The number of likely N-dealkylation sites (tertiary alicyclic amines) is 1. The molecule has 0 spiro atoms. The van der Waals surface area contributed by atoms with Gasteiger partial charge in [0.2, 0.25) is 0 Å². The van der Waals surface area contributed by atoms with Crippen molar-refractivity contribution >= 4 is 0 Å². The Morgan fingerprint density at radius 2 is 2.35 bits per heavy atom. The molecule has 1 aliphatic rings. The number of piperidine rings is 1. The first-order valence-corrected chi connectivity index (χ1v) is 6.26. The number of aromatic nitrogens is 2. The average Bonchev–Trinajstić information content (AvgIpc) is 2.89. The maximum atomic E-state index is 5.84. The molecule has 1 aromatic rings. The van der Waals surface area contributed by atoms with Gasteiger partial charge in [-0.3, -0.25) is 4.90 Å². The number of hydrogen-bond acceptors (Lipinski definition) is 4. The van der Waals surface area contributed by atoms with E-state index < -0.39 is 0 Å². The highest BCUT2D eigenvalue weighted by Gasteiger charge is 2.26. The molecular formula is C12H22N4O. The third kappa shape index (κ3) is 3.28. The summed E-state index contributed by atoms with van der Waals surface area (Å²) in [5.74, 6) is 0. The van der Waals surface area contributed by atoms with E-state index in [0.29, 0.717) is 18.7 Å². The molecule has 0 aliphatic carbocycles. The number of nitrogens with two attached hydrogens (primary N) is 1. The van der Waals surface area contributed by atoms with E-state index in [1.807, 2.05) is 18.7 Å². The van der Waals surface area contributed by atoms with Gasteiger partial charge in [-0.2, -0.15) is 0 Å². The van der Waals surface area contributed by atoms with Crippen LogP contribution in [0, 0.1) is 0 Å². The Hall–Kier alpha value is -0.910. The second-order valence-electron chi connectivity index (χ2n) is 4.61. The molecule has 5 heteroatoms. The summed E-state index contributed by atoms with van der Waals surface area (Å²) in [5, 5.41) is 0. The second-order valence-corrected chi connectivity index (χ2v) is 4.61. The molecule has 2 atom stereocenters. The topological polar surface area (TPSA) is 56.3 Å². The van der Waals surface area contributed by atoms with Gasteiger partial charge in [-0.1, -0.05) is 0 Å². The van der Waals surface area contributed by atoms with Crippen LogP contribution in [0.3, 0.4) is 0 Å². The van der Waals surface area contributed by atoms with Gasteiger partial charge < -0.3 is 15.0 Å². The van der Waals surface area contributed by atoms with E-state index >= 15 is 0 Å². The summed E-state index contributed by atoms with van der Waals surface area (Å²) in [4.78, 5) is 6.52. The van der Waals surface area contributed by atoms with Crippen LogP contribution >= 0.6 is 0 Å². The highest BCUT2D eigenvalue weighted by Crippen LogP contribution is 2.18. The molecule has 0 radical (unpaired) electrons. The molecule has 2 N–H and O–H groups in total. The van der Waals surface area contributed by atoms with Gasteiger partial charge in [0.25, 0.3) is 0 Å². The largest absolute Gasteiger partial charge is 0.381 e. The number of rotatable bonds is 5. The summed E-state index contributed by atoms with van der Waals surface area (Å²) in [6.07, 6.45) is 8.22. The summed E-state index contributed by atoms with van der Waals surface area (Å²) in [6, 6.07) is 0.456. The van der Waals surface area contributed by atoms with Gasteiger partial charge >= 0.3 is 0 Å². The fraction of sp³-hybridized carbons (Fsp3) is 0.750. The molecule has 2 rings (SSSR count). The van der Waals surface area contributed by atoms with Gasteiger partial charge in [-0.25, -0.2) is 4.98 Å². The maximum Gasteiger partial charge on any atom is 0.0946 e. The van der Waals surface area contributed by atoms with E-state index in [1.54, 1.807) is 7.11 Å². The Labute approximate surface area is 103 Å². The van der Waals surface area contributed by atoms with Crippen molar-refractivity contribution in [3.8, 4) is 0 Å². The molecule has 96 valence electrons. The first-order valence-electron chi connectivity index (χ1n) is 6.26. The van der Waals surface area contributed by atoms with Crippen LogP contribution in [0.2, 0.25) is 0 Å². The lowest BCUT2D eigenvalue weighted by molar-refractivity contribution is 0.0122. The fourth-order valence-electron chi connectivity index (χ4n) is 2.48. The molecule has 1 aliphatic heterocycles. The molecule has 0 saturated carbocycles. The van der Waals surface area contributed by atoms with Crippen molar-refractivity contribution < 1.29 is 4.74 Å². The second kappa shape index (κ2) is 6.14. The number of ether oxygens (including phenoxy) is 1. The molecule has 1 fully saturated rings. The van der Waals surface area contributed by atoms with Crippen molar-refractivity contribution in [2.24, 2.45) is 5.73 Å². The highest BCUT2D eigenvalue weighted by molar-refractivity contribution is 4.83. The van der Waals surface area contributed by atoms with Gasteiger partial charge in [0.15, 0.2) is 0 Å². The Balaban J connectivity index is 1.83. The zero-order valence-corrected chi connectivity index (χ0v) is 10.5. The SMILES string of the molecule is COC1CCN(CCn2ccnc2)C(CN)C1. The summed E-state index contributed by atoms with van der Waals surface area (Å²) >= 11 is 0. The lowest BCUT2D eigenvalue weighted by atomic mass is 9.99. The first-order chi connectivity index (χ1) is 8.33. The van der Waals surface area contributed by atoms with Gasteiger partial charge in [0, 0.05) is 51.7 Å². The quantitative estimate of drug-likeness (QED) is 0.802. The average molecular weight is 238 g/mol. The molecule has 2 heterocycles. The Morgan fingerprint density at radius 3 is 3.00 bits per heavy atom. The maximum absolute atomic E-state index is 5.84. The minimum absolute atomic E-state index is 0.382. The predicted molar refractivity (Wildman–Crippen MR) is 66.7 cm³/mol. The molecule has 5 nitrogen and oxygen atoms in total. The molecule has 17 heavy (non-hydrogen) atoms. The van der Waals surface area contributed by atoms with Crippen LogP contribution < -0.4 is 5.73 Å². The third-order valence-electron chi connectivity index (χ3n) is 3.60. The van der Waals surface area contributed by atoms with Crippen LogP contribution in [0.4, 0.5) is 0 Å². The smallest absolute Gasteiger partial charge is 0.0946 e. The molecule has 0 amide bonds. The van der Waals surface area contributed by atoms with Crippen molar-refractivity contribution in [3.05, 3.63) is 18.7 Å². The van der Waals surface area contributed by atoms with Crippen molar-refractivity contribution in [1.29, 1.82) is 0 Å². The van der Waals surface area contributed by atoms with Crippen molar-refractivity contribution in [2.75, 3.05) is 26.7 Å². The van der Waals surface area contributed by atoms with Crippen LogP contribution in [0.15, 0.2) is 18.7 Å². The van der Waals surface area contributed by atoms with Gasteiger partial charge in [-0.05, 0) is 12.8 Å². The molecule has 1 aromatic heterocycles. The number of imidazole rings is 1. The van der Waals surface area contributed by atoms with Gasteiger partial charge in [0.1, 0.15) is 0 Å². The predicted octanol–water partition coefficient (Wildman–Crippen LogP) is 0.321. The van der Waals surface area contributed by atoms with E-state index in [1.165, 1.54) is 0 Å². The van der Waals surface area contributed by atoms with Crippen LogP contribution in [0.25, 0.3) is 0 Å². The van der Waals surface area contributed by atoms with E-state index in [9.17, 15) is 0 Å². The molecule has 0 aromatic carbocycles. The van der Waals surface area contributed by atoms with Gasteiger partial charge in [0.05, 0.1) is 12.4 Å². The van der Waals surface area contributed by atoms with Crippen molar-refractivity contribution in [1.82, 2.24) is 14.5 Å². The van der Waals surface area contributed by atoms with E-state index in [0.717, 1.165) is 32.5 Å². The summed E-state index contributed by atoms with van der Waals surface area (Å²) in [7, 11) is 1.79. The van der Waals surface area contributed by atoms with Crippen LogP contribution in [-0.4, -0.2) is 53.3 Å². The zero-order chi connectivity index (χ0) is 12.1. The highest BCUT2D eigenvalue weighted by atomic mass is 16.5. The van der Waals surface area contributed by atoms with Crippen LogP contribution in [-0.2, 0) is 11.3 Å². The van der Waals surface area contributed by atoms with Crippen molar-refractivity contribution in [3.63, 3.8) is 0 Å². The van der Waals surface area contributed by atoms with E-state index in [-0.39, 0.29) is 0 Å². The Kier molecular flexibility index (Phi) is 4.53. The Morgan fingerprint density at radius 1 is 1.47 bits per heavy atom. The van der Waals surface area contributed by atoms with E-state index in [4.69, 9.17) is 10.5 Å². The zero-order valence-electron chi connectivity index (χ0n) is 10.5. The summed E-state index contributed by atoms with van der Waals surface area (Å²) in [6.45, 7) is 3.81. The fourth-order valence-corrected chi connectivity index (χ4v) is 2.48. The molecule has 2 unspecified atom stereocenters.